The molecule has 2 aromatic rings. The van der Waals surface area contributed by atoms with Crippen LogP contribution in [0.4, 0.5) is 5.82 Å². The van der Waals surface area contributed by atoms with Gasteiger partial charge in [-0.2, -0.15) is 0 Å². The minimum atomic E-state index is 0.484. The fourth-order valence-corrected chi connectivity index (χ4v) is 3.77. The first kappa shape index (κ1) is 18.0. The van der Waals surface area contributed by atoms with E-state index in [1.807, 2.05) is 6.07 Å². The zero-order valence-electron chi connectivity index (χ0n) is 15.6. The van der Waals surface area contributed by atoms with Gasteiger partial charge in [0.25, 0.3) is 0 Å². The average Bonchev–Trinajstić information content (AvgIpc) is 2.97. The highest BCUT2D eigenvalue weighted by molar-refractivity contribution is 5.43. The third-order valence-corrected chi connectivity index (χ3v) is 5.13. The molecule has 0 radical (unpaired) electrons. The van der Waals surface area contributed by atoms with Crippen LogP contribution in [0.3, 0.4) is 0 Å². The molecule has 27 heavy (non-hydrogen) atoms. The monoisotopic (exact) mass is 369 g/mol. The summed E-state index contributed by atoms with van der Waals surface area (Å²) >= 11 is 0. The molecule has 7 heteroatoms. The highest BCUT2D eigenvalue weighted by atomic mass is 16.6. The van der Waals surface area contributed by atoms with Gasteiger partial charge in [0, 0.05) is 18.8 Å². The first-order valence-corrected chi connectivity index (χ1v) is 9.68. The summed E-state index contributed by atoms with van der Waals surface area (Å²) in [4.78, 5) is 11.3. The van der Waals surface area contributed by atoms with Gasteiger partial charge in [0.15, 0.2) is 11.5 Å². The Balaban J connectivity index is 1.55. The molecule has 1 fully saturated rings. The minimum absolute atomic E-state index is 0.484. The first-order chi connectivity index (χ1) is 13.3. The second-order valence-electron chi connectivity index (χ2n) is 7.12. The van der Waals surface area contributed by atoms with E-state index in [0.717, 1.165) is 43.4 Å². The van der Waals surface area contributed by atoms with Gasteiger partial charge in [-0.25, -0.2) is 9.97 Å². The van der Waals surface area contributed by atoms with Crippen LogP contribution in [0.1, 0.15) is 30.7 Å². The van der Waals surface area contributed by atoms with Crippen molar-refractivity contribution >= 4 is 5.82 Å². The zero-order valence-corrected chi connectivity index (χ0v) is 15.6. The van der Waals surface area contributed by atoms with Crippen LogP contribution in [-0.4, -0.2) is 47.2 Å². The Morgan fingerprint density at radius 1 is 1.07 bits per heavy atom. The van der Waals surface area contributed by atoms with E-state index >= 15 is 0 Å². The van der Waals surface area contributed by atoms with Crippen LogP contribution >= 0.6 is 0 Å². The maximum absolute atomic E-state index is 5.86. The quantitative estimate of drug-likeness (QED) is 0.833. The smallest absolute Gasteiger partial charge is 0.161 e. The Labute approximate surface area is 159 Å². The number of nitrogens with zero attached hydrogens (tertiary/aromatic N) is 3. The van der Waals surface area contributed by atoms with Crippen molar-refractivity contribution in [3.8, 4) is 11.5 Å². The number of ether oxygens (including phenoxy) is 2. The van der Waals surface area contributed by atoms with Gasteiger partial charge in [-0.15, -0.1) is 0 Å². The molecule has 1 atom stereocenters. The number of hydrogen-bond donors (Lipinski definition) is 2. The summed E-state index contributed by atoms with van der Waals surface area (Å²) in [5.41, 5.74) is 7.07. The van der Waals surface area contributed by atoms with Gasteiger partial charge < -0.3 is 20.5 Å². The van der Waals surface area contributed by atoms with Gasteiger partial charge in [0.05, 0.1) is 6.54 Å². The van der Waals surface area contributed by atoms with Crippen molar-refractivity contribution in [2.24, 2.45) is 0 Å². The van der Waals surface area contributed by atoms with E-state index in [-0.39, 0.29) is 0 Å². The number of rotatable bonds is 5. The average molecular weight is 369 g/mol. The molecule has 0 saturated carbocycles. The molecule has 0 bridgehead atoms. The molecular weight excluding hydrogens is 342 g/mol. The van der Waals surface area contributed by atoms with Crippen molar-refractivity contribution in [3.63, 3.8) is 0 Å². The molecule has 4 rings (SSSR count). The number of nitrogens with one attached hydrogen (secondary N) is 1. The van der Waals surface area contributed by atoms with Crippen molar-refractivity contribution in [2.75, 3.05) is 32.0 Å². The standard InChI is InChI=1S/C20H27N5O2/c21-19-6-9-23-20(24-19)14-25(16-2-1-7-22-8-5-16)13-15-3-4-17-18(12-15)27-11-10-26-17/h3-4,6,9,12,16,22H,1-2,5,7-8,10-11,13-14H2,(H2,21,23,24)/t16-/m0/s1. The number of nitrogen functional groups attached to an aromatic ring is 1. The number of anilines is 1. The Bertz CT molecular complexity index is 762. The lowest BCUT2D eigenvalue weighted by Gasteiger charge is -2.31. The molecule has 1 aromatic heterocycles. The zero-order chi connectivity index (χ0) is 18.5. The number of nitrogens with two attached hydrogens (primary N) is 1. The van der Waals surface area contributed by atoms with Crippen LogP contribution in [-0.2, 0) is 13.1 Å². The van der Waals surface area contributed by atoms with Gasteiger partial charge in [-0.05, 0) is 56.1 Å². The molecule has 0 amide bonds. The highest BCUT2D eigenvalue weighted by Gasteiger charge is 2.22. The molecule has 0 aliphatic carbocycles. The summed E-state index contributed by atoms with van der Waals surface area (Å²) in [6, 6.07) is 8.43. The van der Waals surface area contributed by atoms with Gasteiger partial charge in [-0.1, -0.05) is 6.07 Å². The molecule has 7 nitrogen and oxygen atoms in total. The lowest BCUT2D eigenvalue weighted by molar-refractivity contribution is 0.157. The predicted octanol–water partition coefficient (Wildman–Crippen LogP) is 1.97. The SMILES string of the molecule is Nc1ccnc(CN(Cc2ccc3c(c2)OCCO3)[C@H]2CCCNCC2)n1. The van der Waals surface area contributed by atoms with Crippen molar-refractivity contribution in [1.29, 1.82) is 0 Å². The lowest BCUT2D eigenvalue weighted by atomic mass is 10.1. The molecule has 144 valence electrons. The minimum Gasteiger partial charge on any atom is -0.486 e. The van der Waals surface area contributed by atoms with E-state index in [0.29, 0.717) is 31.6 Å². The molecule has 3 heterocycles. The normalized spacial score (nSPS) is 19.7. The van der Waals surface area contributed by atoms with Crippen molar-refractivity contribution in [2.45, 2.75) is 38.4 Å². The molecule has 1 saturated heterocycles. The largest absolute Gasteiger partial charge is 0.486 e. The second-order valence-corrected chi connectivity index (χ2v) is 7.12. The summed E-state index contributed by atoms with van der Waals surface area (Å²) in [5.74, 6) is 2.95. The summed E-state index contributed by atoms with van der Waals surface area (Å²) in [6.07, 6.45) is 5.20. The first-order valence-electron chi connectivity index (χ1n) is 9.68. The summed E-state index contributed by atoms with van der Waals surface area (Å²) in [5, 5.41) is 3.50. The Kier molecular flexibility index (Phi) is 5.69. The third-order valence-electron chi connectivity index (χ3n) is 5.13. The summed E-state index contributed by atoms with van der Waals surface area (Å²) in [7, 11) is 0. The van der Waals surface area contributed by atoms with E-state index in [2.05, 4.69) is 32.3 Å². The second kappa shape index (κ2) is 8.54. The lowest BCUT2D eigenvalue weighted by Crippen LogP contribution is -2.35. The molecule has 0 spiro atoms. The van der Waals surface area contributed by atoms with Crippen molar-refractivity contribution in [3.05, 3.63) is 41.9 Å². The van der Waals surface area contributed by atoms with Crippen LogP contribution in [0.2, 0.25) is 0 Å². The Hall–Kier alpha value is -2.38. The predicted molar refractivity (Wildman–Crippen MR) is 104 cm³/mol. The van der Waals surface area contributed by atoms with E-state index in [1.165, 1.54) is 18.4 Å². The highest BCUT2D eigenvalue weighted by Crippen LogP contribution is 2.31. The van der Waals surface area contributed by atoms with Gasteiger partial charge in [0.1, 0.15) is 24.9 Å². The van der Waals surface area contributed by atoms with Gasteiger partial charge in [0.2, 0.25) is 0 Å². The fourth-order valence-electron chi connectivity index (χ4n) is 3.77. The van der Waals surface area contributed by atoms with Crippen LogP contribution in [0, 0.1) is 0 Å². The van der Waals surface area contributed by atoms with E-state index in [4.69, 9.17) is 15.2 Å². The molecule has 2 aliphatic heterocycles. The number of fused-ring (bicyclic) bond motifs is 1. The molecule has 1 aromatic carbocycles. The number of hydrogen-bond acceptors (Lipinski definition) is 7. The van der Waals surface area contributed by atoms with Crippen LogP contribution in [0.15, 0.2) is 30.5 Å². The number of benzene rings is 1. The third kappa shape index (κ3) is 4.67. The molecule has 3 N–H and O–H groups in total. The van der Waals surface area contributed by atoms with E-state index in [1.54, 1.807) is 12.3 Å². The van der Waals surface area contributed by atoms with Crippen molar-refractivity contribution in [1.82, 2.24) is 20.2 Å². The van der Waals surface area contributed by atoms with Crippen LogP contribution in [0.25, 0.3) is 0 Å². The number of aromatic nitrogens is 2. The van der Waals surface area contributed by atoms with E-state index < -0.39 is 0 Å². The maximum Gasteiger partial charge on any atom is 0.161 e. The fraction of sp³-hybridized carbons (Fsp3) is 0.500. The Morgan fingerprint density at radius 2 is 1.96 bits per heavy atom. The molecule has 0 unspecified atom stereocenters. The van der Waals surface area contributed by atoms with E-state index in [9.17, 15) is 0 Å². The van der Waals surface area contributed by atoms with Crippen LogP contribution < -0.4 is 20.5 Å². The van der Waals surface area contributed by atoms with Gasteiger partial charge >= 0.3 is 0 Å². The van der Waals surface area contributed by atoms with Crippen molar-refractivity contribution < 1.29 is 9.47 Å². The summed E-state index contributed by atoms with van der Waals surface area (Å²) < 4.78 is 11.4. The summed E-state index contributed by atoms with van der Waals surface area (Å²) in [6.45, 7) is 4.85. The Morgan fingerprint density at radius 3 is 2.85 bits per heavy atom. The topological polar surface area (TPSA) is 85.5 Å². The maximum atomic E-state index is 5.86. The molecular formula is C20H27N5O2. The van der Waals surface area contributed by atoms with Gasteiger partial charge in [-0.3, -0.25) is 4.90 Å². The molecule has 2 aliphatic rings. The van der Waals surface area contributed by atoms with Crippen LogP contribution in [0.5, 0.6) is 11.5 Å².